The van der Waals surface area contributed by atoms with Crippen molar-refractivity contribution < 1.29 is 24.2 Å². The molecule has 0 fully saturated rings. The number of carbonyl (C=O) groups is 2. The molecule has 5 nitrogen and oxygen atoms in total. The number of carbonyl (C=O) groups excluding carboxylic acids is 2. The number of ether oxygens (including phenoxy) is 2. The molecule has 0 aliphatic rings. The van der Waals surface area contributed by atoms with Crippen LogP contribution in [0.2, 0.25) is 0 Å². The summed E-state index contributed by atoms with van der Waals surface area (Å²) in [6, 6.07) is 0. The zero-order valence-electron chi connectivity index (χ0n) is 44.0. The van der Waals surface area contributed by atoms with Gasteiger partial charge in [0, 0.05) is 12.8 Å². The predicted molar refractivity (Wildman–Crippen MR) is 284 cm³/mol. The molecule has 0 radical (unpaired) electrons. The lowest BCUT2D eigenvalue weighted by atomic mass is 10.0. The van der Waals surface area contributed by atoms with Gasteiger partial charge in [0.05, 0.1) is 6.61 Å². The van der Waals surface area contributed by atoms with Gasteiger partial charge in [0.1, 0.15) is 6.61 Å². The summed E-state index contributed by atoms with van der Waals surface area (Å²) in [6.07, 6.45) is 71.7. The van der Waals surface area contributed by atoms with E-state index < -0.39 is 6.10 Å². The summed E-state index contributed by atoms with van der Waals surface area (Å²) in [5.74, 6) is -0.568. The first-order valence-electron chi connectivity index (χ1n) is 29.4. The Hall–Kier alpha value is -1.62. The van der Waals surface area contributed by atoms with Gasteiger partial charge in [-0.3, -0.25) is 9.59 Å². The fourth-order valence-electron chi connectivity index (χ4n) is 9.06. The smallest absolute Gasteiger partial charge is 0.306 e. The van der Waals surface area contributed by atoms with Crippen molar-refractivity contribution >= 4 is 11.9 Å². The Morgan fingerprint density at radius 2 is 0.615 bits per heavy atom. The molecular formula is C60H114O5. The molecule has 1 atom stereocenters. The van der Waals surface area contributed by atoms with Crippen LogP contribution in [-0.4, -0.2) is 36.4 Å². The first-order valence-corrected chi connectivity index (χ1v) is 29.4. The van der Waals surface area contributed by atoms with Crippen LogP contribution in [0.3, 0.4) is 0 Å². The Morgan fingerprint density at radius 1 is 0.354 bits per heavy atom. The summed E-state index contributed by atoms with van der Waals surface area (Å²) < 4.78 is 10.7. The molecule has 0 spiro atoms. The van der Waals surface area contributed by atoms with Crippen LogP contribution in [0, 0.1) is 0 Å². The van der Waals surface area contributed by atoms with E-state index in [1.807, 2.05) is 0 Å². The molecule has 0 saturated heterocycles. The number of rotatable bonds is 55. The zero-order chi connectivity index (χ0) is 47.0. The normalized spacial score (nSPS) is 12.2. The summed E-state index contributed by atoms with van der Waals surface area (Å²) in [5, 5.41) is 9.66. The van der Waals surface area contributed by atoms with Gasteiger partial charge in [0.2, 0.25) is 0 Å². The van der Waals surface area contributed by atoms with E-state index >= 15 is 0 Å². The highest BCUT2D eigenvalue weighted by Crippen LogP contribution is 2.18. The van der Waals surface area contributed by atoms with Gasteiger partial charge >= 0.3 is 11.9 Å². The Labute approximate surface area is 406 Å². The van der Waals surface area contributed by atoms with E-state index in [0.29, 0.717) is 12.8 Å². The fraction of sp³-hybridized carbons (Fsp3) is 0.900. The van der Waals surface area contributed by atoms with Gasteiger partial charge < -0.3 is 14.6 Å². The molecule has 0 saturated carbocycles. The van der Waals surface area contributed by atoms with E-state index in [9.17, 15) is 14.7 Å². The van der Waals surface area contributed by atoms with Crippen LogP contribution in [0.25, 0.3) is 0 Å². The van der Waals surface area contributed by atoms with E-state index in [4.69, 9.17) is 9.47 Å². The van der Waals surface area contributed by atoms with E-state index in [1.54, 1.807) is 0 Å². The molecule has 5 heteroatoms. The summed E-state index contributed by atoms with van der Waals surface area (Å²) >= 11 is 0. The molecule has 0 aromatic rings. The van der Waals surface area contributed by atoms with E-state index in [-0.39, 0.29) is 25.2 Å². The highest BCUT2D eigenvalue weighted by molar-refractivity contribution is 5.70. The van der Waals surface area contributed by atoms with Gasteiger partial charge in [-0.15, -0.1) is 0 Å². The summed E-state index contributed by atoms with van der Waals surface area (Å²) in [7, 11) is 0. The van der Waals surface area contributed by atoms with Gasteiger partial charge in [0.25, 0.3) is 0 Å². The zero-order valence-corrected chi connectivity index (χ0v) is 44.0. The molecule has 0 aliphatic carbocycles. The quantitative estimate of drug-likeness (QED) is 0.0374. The molecule has 1 N–H and O–H groups in total. The third-order valence-corrected chi connectivity index (χ3v) is 13.5. The van der Waals surface area contributed by atoms with E-state index in [1.165, 1.54) is 263 Å². The van der Waals surface area contributed by atoms with Crippen molar-refractivity contribution in [1.82, 2.24) is 0 Å². The number of unbranched alkanes of at least 4 members (excludes halogenated alkanes) is 43. The summed E-state index contributed by atoms with van der Waals surface area (Å²) in [6.45, 7) is 4.19. The highest BCUT2D eigenvalue weighted by atomic mass is 16.6. The second kappa shape index (κ2) is 56.7. The molecule has 1 unspecified atom stereocenters. The van der Waals surface area contributed by atoms with Crippen molar-refractivity contribution in [3.63, 3.8) is 0 Å². The number of aliphatic hydroxyl groups is 1. The van der Waals surface area contributed by atoms with Crippen LogP contribution in [0.5, 0.6) is 0 Å². The SMILES string of the molecule is CCCCCCC/C=C\C/C=C\CCCCCCCCCCCCCCCCCCCCCC(=O)OC(CO)COC(=O)CCCCCCCCCCCCCCCCCCCCCC. The van der Waals surface area contributed by atoms with E-state index in [0.717, 1.165) is 38.5 Å². The lowest BCUT2D eigenvalue weighted by Gasteiger charge is -2.15. The highest BCUT2D eigenvalue weighted by Gasteiger charge is 2.16. The Morgan fingerprint density at radius 3 is 0.908 bits per heavy atom. The van der Waals surface area contributed by atoms with Crippen LogP contribution in [0.15, 0.2) is 24.3 Å². The van der Waals surface area contributed by atoms with Gasteiger partial charge in [-0.05, 0) is 44.9 Å². The molecule has 0 aliphatic heterocycles. The maximum atomic E-state index is 12.3. The third-order valence-electron chi connectivity index (χ3n) is 13.5. The molecule has 0 aromatic carbocycles. The second-order valence-corrected chi connectivity index (χ2v) is 20.1. The molecule has 0 bridgehead atoms. The molecule has 0 heterocycles. The Balaban J connectivity index is 3.41. The van der Waals surface area contributed by atoms with Crippen molar-refractivity contribution in [2.75, 3.05) is 13.2 Å². The monoisotopic (exact) mass is 915 g/mol. The predicted octanol–water partition coefficient (Wildman–Crippen LogP) is 19.7. The van der Waals surface area contributed by atoms with Crippen LogP contribution in [0.1, 0.15) is 328 Å². The van der Waals surface area contributed by atoms with Crippen LogP contribution >= 0.6 is 0 Å². The largest absolute Gasteiger partial charge is 0.462 e. The van der Waals surface area contributed by atoms with Gasteiger partial charge in [-0.1, -0.05) is 295 Å². The Bertz CT molecular complexity index is 990. The number of hydrogen-bond donors (Lipinski definition) is 1. The molecular weight excluding hydrogens is 801 g/mol. The van der Waals surface area contributed by atoms with Crippen LogP contribution < -0.4 is 0 Å². The lowest BCUT2D eigenvalue weighted by Crippen LogP contribution is -2.28. The first-order chi connectivity index (χ1) is 32.1. The molecule has 0 amide bonds. The third kappa shape index (κ3) is 54.9. The minimum Gasteiger partial charge on any atom is -0.462 e. The standard InChI is InChI=1S/C60H114O5/c1-3-5-7-9-11-13-15-17-19-21-23-25-26-27-28-29-30-31-32-33-34-35-37-39-41-43-45-47-49-51-53-55-60(63)65-58(56-61)57-64-59(62)54-52-50-48-46-44-42-40-38-36-24-22-20-18-16-14-12-10-8-6-4-2/h15,17,21,23,58,61H,3-14,16,18-20,22,24-57H2,1-2H3/b17-15-,23-21-. The van der Waals surface area contributed by atoms with E-state index in [2.05, 4.69) is 38.2 Å². The average Bonchev–Trinajstić information content (AvgIpc) is 3.31. The Kier molecular flexibility index (Phi) is 55.3. The van der Waals surface area contributed by atoms with Gasteiger partial charge in [-0.25, -0.2) is 0 Å². The maximum Gasteiger partial charge on any atom is 0.306 e. The number of allylic oxidation sites excluding steroid dienone is 4. The molecule has 0 rings (SSSR count). The minimum atomic E-state index is -0.767. The first kappa shape index (κ1) is 63.4. The van der Waals surface area contributed by atoms with Gasteiger partial charge in [0.15, 0.2) is 6.10 Å². The second-order valence-electron chi connectivity index (χ2n) is 20.1. The van der Waals surface area contributed by atoms with Crippen LogP contribution in [-0.2, 0) is 19.1 Å². The van der Waals surface area contributed by atoms with Crippen LogP contribution in [0.4, 0.5) is 0 Å². The summed E-state index contributed by atoms with van der Waals surface area (Å²) in [5.41, 5.74) is 0. The topological polar surface area (TPSA) is 72.8 Å². The lowest BCUT2D eigenvalue weighted by molar-refractivity contribution is -0.161. The number of esters is 2. The van der Waals surface area contributed by atoms with Gasteiger partial charge in [-0.2, -0.15) is 0 Å². The summed E-state index contributed by atoms with van der Waals surface area (Å²) in [4.78, 5) is 24.5. The van der Waals surface area contributed by atoms with Crippen molar-refractivity contribution in [3.05, 3.63) is 24.3 Å². The molecule has 0 aromatic heterocycles. The molecule has 65 heavy (non-hydrogen) atoms. The minimum absolute atomic E-state index is 0.0582. The average molecular weight is 916 g/mol. The maximum absolute atomic E-state index is 12.3. The van der Waals surface area contributed by atoms with Crippen molar-refractivity contribution in [2.24, 2.45) is 0 Å². The number of aliphatic hydroxyl groups excluding tert-OH is 1. The van der Waals surface area contributed by atoms with Crippen molar-refractivity contribution in [1.29, 1.82) is 0 Å². The van der Waals surface area contributed by atoms with Crippen molar-refractivity contribution in [3.8, 4) is 0 Å². The fourth-order valence-corrected chi connectivity index (χ4v) is 9.06. The van der Waals surface area contributed by atoms with Crippen molar-refractivity contribution in [2.45, 2.75) is 335 Å². The number of hydrogen-bond acceptors (Lipinski definition) is 5. The molecule has 384 valence electrons.